The third-order valence-electron chi connectivity index (χ3n) is 4.80. The van der Waals surface area contributed by atoms with Crippen molar-refractivity contribution in [2.24, 2.45) is 4.99 Å². The Morgan fingerprint density at radius 1 is 1.20 bits per heavy atom. The van der Waals surface area contributed by atoms with Gasteiger partial charge in [-0.2, -0.15) is 0 Å². The molecule has 1 aliphatic rings. The smallest absolute Gasteiger partial charge is 0.338 e. The van der Waals surface area contributed by atoms with Crippen LogP contribution in [0.3, 0.4) is 0 Å². The van der Waals surface area contributed by atoms with Gasteiger partial charge in [0.25, 0.3) is 5.56 Å². The number of benzene rings is 2. The number of halogens is 1. The number of ether oxygens (including phenoxy) is 1. The first-order valence-corrected chi connectivity index (χ1v) is 10.3. The fraction of sp³-hybridized carbons (Fsp3) is 0.174. The maximum Gasteiger partial charge on any atom is 0.338 e. The van der Waals surface area contributed by atoms with Crippen LogP contribution in [0.2, 0.25) is 0 Å². The van der Waals surface area contributed by atoms with E-state index in [2.05, 4.69) is 4.99 Å². The van der Waals surface area contributed by atoms with E-state index in [1.165, 1.54) is 28.0 Å². The van der Waals surface area contributed by atoms with Crippen molar-refractivity contribution in [2.45, 2.75) is 19.9 Å². The van der Waals surface area contributed by atoms with Crippen LogP contribution in [0.15, 0.2) is 75.7 Å². The summed E-state index contributed by atoms with van der Waals surface area (Å²) in [5.74, 6) is -0.931. The number of rotatable bonds is 4. The minimum absolute atomic E-state index is 0.199. The van der Waals surface area contributed by atoms with Crippen LogP contribution < -0.4 is 14.9 Å². The number of esters is 1. The molecule has 0 unspecified atom stereocenters. The number of nitrogens with zero attached hydrogens (tertiary/aromatic N) is 2. The zero-order valence-corrected chi connectivity index (χ0v) is 17.3. The van der Waals surface area contributed by atoms with E-state index in [0.29, 0.717) is 20.6 Å². The average molecular weight is 422 g/mol. The average Bonchev–Trinajstić information content (AvgIpc) is 3.03. The molecule has 0 saturated heterocycles. The molecular weight excluding hydrogens is 403 g/mol. The number of thiazole rings is 1. The predicted molar refractivity (Wildman–Crippen MR) is 113 cm³/mol. The van der Waals surface area contributed by atoms with Crippen LogP contribution in [0.1, 0.15) is 31.0 Å². The second kappa shape index (κ2) is 8.20. The zero-order chi connectivity index (χ0) is 21.3. The van der Waals surface area contributed by atoms with Crippen LogP contribution in [-0.2, 0) is 9.53 Å². The van der Waals surface area contributed by atoms with Crippen molar-refractivity contribution in [3.8, 4) is 0 Å². The second-order valence-electron chi connectivity index (χ2n) is 6.76. The van der Waals surface area contributed by atoms with Gasteiger partial charge in [-0.1, -0.05) is 53.8 Å². The SMILES string of the molecule is CCOC(=O)C1=C(C)N=c2s/c(=C\c3ccccc3)c(=O)n2[C@@H]1c1ccc(F)cc1. The lowest BCUT2D eigenvalue weighted by Crippen LogP contribution is -2.39. The molecule has 0 saturated carbocycles. The first-order chi connectivity index (χ1) is 14.5. The Morgan fingerprint density at radius 3 is 2.57 bits per heavy atom. The van der Waals surface area contributed by atoms with Gasteiger partial charge < -0.3 is 4.74 Å². The Kier molecular flexibility index (Phi) is 5.46. The first kappa shape index (κ1) is 20.0. The summed E-state index contributed by atoms with van der Waals surface area (Å²) in [6, 6.07) is 14.6. The molecule has 1 aliphatic heterocycles. The molecule has 2 aromatic carbocycles. The second-order valence-corrected chi connectivity index (χ2v) is 7.77. The number of fused-ring (bicyclic) bond motifs is 1. The van der Waals surface area contributed by atoms with Crippen LogP contribution in [0.5, 0.6) is 0 Å². The van der Waals surface area contributed by atoms with Gasteiger partial charge in [-0.3, -0.25) is 9.36 Å². The molecule has 0 spiro atoms. The normalized spacial score (nSPS) is 16.2. The molecule has 0 radical (unpaired) electrons. The molecule has 1 aromatic heterocycles. The number of allylic oxidation sites excluding steroid dienone is 1. The Hall–Kier alpha value is -3.32. The highest BCUT2D eigenvalue weighted by atomic mass is 32.1. The summed E-state index contributed by atoms with van der Waals surface area (Å²) < 4.78 is 20.8. The van der Waals surface area contributed by atoms with Gasteiger partial charge in [-0.05, 0) is 43.2 Å². The number of hydrogen-bond acceptors (Lipinski definition) is 5. The Balaban J connectivity index is 1.96. The Labute approximate surface area is 176 Å². The van der Waals surface area contributed by atoms with Gasteiger partial charge in [-0.25, -0.2) is 14.2 Å². The number of carbonyl (C=O) groups is 1. The van der Waals surface area contributed by atoms with E-state index in [1.54, 1.807) is 32.1 Å². The summed E-state index contributed by atoms with van der Waals surface area (Å²) >= 11 is 1.26. The van der Waals surface area contributed by atoms with Crippen molar-refractivity contribution in [1.82, 2.24) is 4.57 Å². The van der Waals surface area contributed by atoms with Crippen molar-refractivity contribution in [3.05, 3.63) is 102 Å². The summed E-state index contributed by atoms with van der Waals surface area (Å²) in [5.41, 5.74) is 2.01. The lowest BCUT2D eigenvalue weighted by Gasteiger charge is -2.24. The summed E-state index contributed by atoms with van der Waals surface area (Å²) in [5, 5.41) is 0. The molecular formula is C23H19FN2O3S. The van der Waals surface area contributed by atoms with Crippen molar-refractivity contribution in [3.63, 3.8) is 0 Å². The van der Waals surface area contributed by atoms with Gasteiger partial charge in [0.1, 0.15) is 5.82 Å². The van der Waals surface area contributed by atoms with E-state index in [9.17, 15) is 14.0 Å². The van der Waals surface area contributed by atoms with E-state index in [1.807, 2.05) is 30.3 Å². The van der Waals surface area contributed by atoms with E-state index in [0.717, 1.165) is 5.56 Å². The third-order valence-corrected chi connectivity index (χ3v) is 5.78. The van der Waals surface area contributed by atoms with Gasteiger partial charge in [0.15, 0.2) is 4.80 Å². The highest BCUT2D eigenvalue weighted by molar-refractivity contribution is 7.07. The summed E-state index contributed by atoms with van der Waals surface area (Å²) in [4.78, 5) is 31.1. The molecule has 0 fully saturated rings. The molecule has 30 heavy (non-hydrogen) atoms. The fourth-order valence-electron chi connectivity index (χ4n) is 3.45. The summed E-state index contributed by atoms with van der Waals surface area (Å²) in [6.07, 6.45) is 1.80. The Morgan fingerprint density at radius 2 is 1.90 bits per heavy atom. The standard InChI is InChI=1S/C23H19FN2O3S/c1-3-29-22(28)19-14(2)25-23-26(20(19)16-9-11-17(24)12-10-16)21(27)18(30-23)13-15-7-5-4-6-8-15/h4-13,20H,3H2,1-2H3/b18-13-/t20-/m1/s1. The van der Waals surface area contributed by atoms with Crippen LogP contribution in [-0.4, -0.2) is 17.1 Å². The van der Waals surface area contributed by atoms with E-state index in [4.69, 9.17) is 4.74 Å². The highest BCUT2D eigenvalue weighted by Crippen LogP contribution is 2.30. The van der Waals surface area contributed by atoms with Gasteiger partial charge in [0.2, 0.25) is 0 Å². The number of aromatic nitrogens is 1. The van der Waals surface area contributed by atoms with Gasteiger partial charge in [0, 0.05) is 0 Å². The molecule has 0 amide bonds. The predicted octanol–water partition coefficient (Wildman–Crippen LogP) is 2.94. The Bertz CT molecular complexity index is 1310. The molecule has 7 heteroatoms. The van der Waals surface area contributed by atoms with Crippen molar-refractivity contribution >= 4 is 23.4 Å². The molecule has 5 nitrogen and oxygen atoms in total. The summed E-state index contributed by atoms with van der Waals surface area (Å²) in [6.45, 7) is 3.64. The van der Waals surface area contributed by atoms with Crippen LogP contribution in [0.4, 0.5) is 4.39 Å². The lowest BCUT2D eigenvalue weighted by atomic mass is 9.96. The molecule has 0 aliphatic carbocycles. The summed E-state index contributed by atoms with van der Waals surface area (Å²) in [7, 11) is 0. The molecule has 1 atom stereocenters. The van der Waals surface area contributed by atoms with Crippen molar-refractivity contribution < 1.29 is 13.9 Å². The van der Waals surface area contributed by atoms with Crippen molar-refractivity contribution in [1.29, 1.82) is 0 Å². The van der Waals surface area contributed by atoms with Crippen LogP contribution in [0, 0.1) is 5.82 Å². The van der Waals surface area contributed by atoms with E-state index in [-0.39, 0.29) is 17.7 Å². The zero-order valence-electron chi connectivity index (χ0n) is 16.5. The first-order valence-electron chi connectivity index (χ1n) is 9.49. The fourth-order valence-corrected chi connectivity index (χ4v) is 4.50. The monoisotopic (exact) mass is 422 g/mol. The molecule has 4 rings (SSSR count). The number of carbonyl (C=O) groups excluding carboxylic acids is 1. The van der Waals surface area contributed by atoms with E-state index < -0.39 is 17.8 Å². The minimum Gasteiger partial charge on any atom is -0.463 e. The van der Waals surface area contributed by atoms with E-state index >= 15 is 0 Å². The van der Waals surface area contributed by atoms with Crippen molar-refractivity contribution in [2.75, 3.05) is 6.61 Å². The molecule has 3 aromatic rings. The van der Waals surface area contributed by atoms with Crippen LogP contribution in [0.25, 0.3) is 6.08 Å². The maximum absolute atomic E-state index is 13.5. The highest BCUT2D eigenvalue weighted by Gasteiger charge is 2.33. The topological polar surface area (TPSA) is 60.7 Å². The number of hydrogen-bond donors (Lipinski definition) is 0. The molecule has 0 N–H and O–H groups in total. The largest absolute Gasteiger partial charge is 0.463 e. The quantitative estimate of drug-likeness (QED) is 0.608. The molecule has 152 valence electrons. The van der Waals surface area contributed by atoms with Gasteiger partial charge in [-0.15, -0.1) is 0 Å². The maximum atomic E-state index is 13.5. The third kappa shape index (κ3) is 3.64. The molecule has 2 heterocycles. The molecule has 0 bridgehead atoms. The minimum atomic E-state index is -0.737. The van der Waals surface area contributed by atoms with Gasteiger partial charge in [0.05, 0.1) is 28.5 Å². The lowest BCUT2D eigenvalue weighted by molar-refractivity contribution is -0.139. The van der Waals surface area contributed by atoms with Crippen LogP contribution >= 0.6 is 11.3 Å². The van der Waals surface area contributed by atoms with Gasteiger partial charge >= 0.3 is 5.97 Å².